The Bertz CT molecular complexity index is 1650. The van der Waals surface area contributed by atoms with Crippen molar-refractivity contribution in [2.24, 2.45) is 0 Å². The van der Waals surface area contributed by atoms with E-state index in [-0.39, 0.29) is 13.0 Å². The zero-order valence-corrected chi connectivity index (χ0v) is 63.1. The van der Waals surface area contributed by atoms with E-state index in [0.29, 0.717) is 19.3 Å². The lowest BCUT2D eigenvalue weighted by molar-refractivity contribution is -0.305. The van der Waals surface area contributed by atoms with Gasteiger partial charge < -0.3 is 45.1 Å². The van der Waals surface area contributed by atoms with Crippen molar-refractivity contribution in [3.63, 3.8) is 0 Å². The van der Waals surface area contributed by atoms with E-state index in [1.54, 1.807) is 6.08 Å². The van der Waals surface area contributed by atoms with Crippen LogP contribution in [0.25, 0.3) is 0 Å². The maximum Gasteiger partial charge on any atom is 0.306 e. The Kier molecular flexibility index (Phi) is 69.0. The minimum absolute atomic E-state index is 0.130. The predicted octanol–water partition coefficient (Wildman–Crippen LogP) is 23.1. The molecule has 6 N–H and O–H groups in total. The number of nitrogens with one attached hydrogen (secondary N) is 1. The van der Waals surface area contributed by atoms with Crippen LogP contribution in [0.2, 0.25) is 0 Å². The molecule has 1 rings (SSSR count). The summed E-state index contributed by atoms with van der Waals surface area (Å²) in [5.74, 6) is -1.17. The minimum atomic E-state index is -1.61. The highest BCUT2D eigenvalue weighted by Gasteiger charge is 2.47. The lowest BCUT2D eigenvalue weighted by Gasteiger charge is -2.41. The summed E-state index contributed by atoms with van der Waals surface area (Å²) in [4.78, 5) is 26.8. The number of aliphatic hydroxyl groups excluding tert-OH is 5. The molecule has 562 valence electrons. The first-order valence-electron chi connectivity index (χ1n) is 42.1. The number of allylic oxidation sites excluding steroid dienone is 3. The fourth-order valence-electron chi connectivity index (χ4n) is 13.8. The number of carbonyl (C=O) groups is 2. The molecular weight excluding hydrogens is 1180 g/mol. The standard InChI is InChI=1S/C84H161NO10/c1-4-7-10-13-16-19-22-25-27-29-31-33-35-37-39-41-43-45-47-49-51-54-57-60-63-66-69-72-79(89)95-82-81(91)80(90)78(73-86)94-84(82)93-74-75(76(87)70-67-64-61-58-55-52-24-21-18-15-12-9-6-3)85-83(92)77(88)71-68-65-62-59-56-53-50-48-46-44-42-40-38-36-34-32-30-28-26-23-20-17-14-11-8-5-2/h25,27,67,70,75-78,80-82,84,86-88,90-91H,4-24,26,28-66,68-69,71-74H2,1-3H3,(H,85,92)/b27-25+,70-67+. The predicted molar refractivity (Wildman–Crippen MR) is 403 cm³/mol. The van der Waals surface area contributed by atoms with Gasteiger partial charge in [0.05, 0.1) is 25.4 Å². The average Bonchev–Trinajstić information content (AvgIpc) is 0.823. The number of hydrogen-bond acceptors (Lipinski definition) is 10. The fraction of sp³-hybridized carbons (Fsp3) is 0.929. The maximum absolute atomic E-state index is 13.6. The average molecular weight is 1350 g/mol. The first kappa shape index (κ1) is 91.2. The molecule has 1 heterocycles. The van der Waals surface area contributed by atoms with Crippen molar-refractivity contribution in [3.8, 4) is 0 Å². The van der Waals surface area contributed by atoms with Gasteiger partial charge in [0.2, 0.25) is 5.91 Å². The Hall–Kier alpha value is -1.86. The smallest absolute Gasteiger partial charge is 0.306 e. The summed E-state index contributed by atoms with van der Waals surface area (Å²) >= 11 is 0. The molecule has 0 aromatic rings. The van der Waals surface area contributed by atoms with Gasteiger partial charge in [-0.3, -0.25) is 9.59 Å². The Morgan fingerprint density at radius 3 is 1.02 bits per heavy atom. The molecule has 0 radical (unpaired) electrons. The number of carbonyl (C=O) groups excluding carboxylic acids is 2. The molecule has 11 nitrogen and oxygen atoms in total. The highest BCUT2D eigenvalue weighted by atomic mass is 16.7. The number of aliphatic hydroxyl groups is 5. The van der Waals surface area contributed by atoms with Crippen LogP contribution in [0.1, 0.15) is 438 Å². The van der Waals surface area contributed by atoms with E-state index in [1.165, 1.54) is 334 Å². The third-order valence-electron chi connectivity index (χ3n) is 20.4. The monoisotopic (exact) mass is 1340 g/mol. The summed E-state index contributed by atoms with van der Waals surface area (Å²) in [6.07, 6.45) is 79.6. The molecule has 1 aliphatic rings. The van der Waals surface area contributed by atoms with Crippen LogP contribution in [0.5, 0.6) is 0 Å². The first-order chi connectivity index (χ1) is 46.7. The number of ether oxygens (including phenoxy) is 3. The Morgan fingerprint density at radius 2 is 0.695 bits per heavy atom. The number of unbranched alkanes of at least 4 members (excludes halogenated alkanes) is 59. The van der Waals surface area contributed by atoms with Gasteiger partial charge in [-0.2, -0.15) is 0 Å². The Morgan fingerprint density at radius 1 is 0.400 bits per heavy atom. The van der Waals surface area contributed by atoms with Crippen molar-refractivity contribution >= 4 is 11.9 Å². The van der Waals surface area contributed by atoms with Gasteiger partial charge >= 0.3 is 5.97 Å². The topological polar surface area (TPSA) is 175 Å². The van der Waals surface area contributed by atoms with Gasteiger partial charge in [-0.1, -0.05) is 405 Å². The Labute approximate surface area is 588 Å². The van der Waals surface area contributed by atoms with Gasteiger partial charge in [-0.05, 0) is 51.4 Å². The zero-order valence-electron chi connectivity index (χ0n) is 63.1. The second-order valence-electron chi connectivity index (χ2n) is 29.6. The van der Waals surface area contributed by atoms with Gasteiger partial charge in [-0.15, -0.1) is 0 Å². The molecule has 0 aromatic carbocycles. The largest absolute Gasteiger partial charge is 0.454 e. The van der Waals surface area contributed by atoms with Crippen molar-refractivity contribution in [3.05, 3.63) is 24.3 Å². The van der Waals surface area contributed by atoms with Crippen LogP contribution in [-0.4, -0.2) is 99.6 Å². The maximum atomic E-state index is 13.6. The van der Waals surface area contributed by atoms with Crippen molar-refractivity contribution in [1.82, 2.24) is 5.32 Å². The van der Waals surface area contributed by atoms with E-state index in [9.17, 15) is 35.1 Å². The lowest BCUT2D eigenvalue weighted by Crippen LogP contribution is -2.61. The molecule has 1 aliphatic heterocycles. The highest BCUT2D eigenvalue weighted by molar-refractivity contribution is 5.80. The van der Waals surface area contributed by atoms with Crippen LogP contribution < -0.4 is 5.32 Å². The van der Waals surface area contributed by atoms with Crippen molar-refractivity contribution < 1.29 is 49.3 Å². The van der Waals surface area contributed by atoms with Crippen molar-refractivity contribution in [2.75, 3.05) is 13.2 Å². The molecule has 0 aromatic heterocycles. The molecule has 11 heteroatoms. The Balaban J connectivity index is 2.46. The quantitative estimate of drug-likeness (QED) is 0.0195. The van der Waals surface area contributed by atoms with Crippen LogP contribution in [0.15, 0.2) is 24.3 Å². The van der Waals surface area contributed by atoms with E-state index in [4.69, 9.17) is 14.2 Å². The minimum Gasteiger partial charge on any atom is -0.454 e. The molecule has 1 saturated heterocycles. The van der Waals surface area contributed by atoms with Gasteiger partial charge in [0.15, 0.2) is 12.4 Å². The van der Waals surface area contributed by atoms with Crippen LogP contribution >= 0.6 is 0 Å². The fourth-order valence-corrected chi connectivity index (χ4v) is 13.8. The van der Waals surface area contributed by atoms with Gasteiger partial charge in [-0.25, -0.2) is 0 Å². The van der Waals surface area contributed by atoms with E-state index in [0.717, 1.165) is 57.8 Å². The van der Waals surface area contributed by atoms with Gasteiger partial charge in [0.25, 0.3) is 0 Å². The molecule has 0 saturated carbocycles. The molecule has 8 atom stereocenters. The number of amides is 1. The number of hydrogen-bond donors (Lipinski definition) is 6. The van der Waals surface area contributed by atoms with Crippen LogP contribution in [0.4, 0.5) is 0 Å². The van der Waals surface area contributed by atoms with Crippen LogP contribution in [0, 0.1) is 0 Å². The molecule has 0 bridgehead atoms. The van der Waals surface area contributed by atoms with E-state index < -0.39 is 67.4 Å². The van der Waals surface area contributed by atoms with E-state index in [1.807, 2.05) is 6.08 Å². The summed E-state index contributed by atoms with van der Waals surface area (Å²) in [5, 5.41) is 57.5. The summed E-state index contributed by atoms with van der Waals surface area (Å²) in [6, 6.07) is -1.02. The second-order valence-corrected chi connectivity index (χ2v) is 29.6. The van der Waals surface area contributed by atoms with Gasteiger partial charge in [0, 0.05) is 6.42 Å². The third kappa shape index (κ3) is 58.5. The second kappa shape index (κ2) is 71.9. The molecule has 8 unspecified atom stereocenters. The summed E-state index contributed by atoms with van der Waals surface area (Å²) in [7, 11) is 0. The van der Waals surface area contributed by atoms with Crippen LogP contribution in [0.3, 0.4) is 0 Å². The van der Waals surface area contributed by atoms with E-state index in [2.05, 4.69) is 38.2 Å². The van der Waals surface area contributed by atoms with Crippen molar-refractivity contribution in [1.29, 1.82) is 0 Å². The molecule has 1 amide bonds. The van der Waals surface area contributed by atoms with E-state index >= 15 is 0 Å². The first-order valence-corrected chi connectivity index (χ1v) is 42.1. The normalized spacial score (nSPS) is 17.7. The van der Waals surface area contributed by atoms with Crippen molar-refractivity contribution in [2.45, 2.75) is 487 Å². The summed E-state index contributed by atoms with van der Waals surface area (Å²) in [6.45, 7) is 5.88. The zero-order chi connectivity index (χ0) is 68.8. The molecular formula is C84H161NO10. The molecule has 0 aliphatic carbocycles. The third-order valence-corrected chi connectivity index (χ3v) is 20.4. The highest BCUT2D eigenvalue weighted by Crippen LogP contribution is 2.27. The summed E-state index contributed by atoms with van der Waals surface area (Å²) < 4.78 is 17.8. The summed E-state index contributed by atoms with van der Waals surface area (Å²) in [5.41, 5.74) is 0. The van der Waals surface area contributed by atoms with Crippen LogP contribution in [-0.2, 0) is 23.8 Å². The van der Waals surface area contributed by atoms with Gasteiger partial charge in [0.1, 0.15) is 24.4 Å². The number of rotatable bonds is 75. The lowest BCUT2D eigenvalue weighted by atomic mass is 9.99. The molecule has 95 heavy (non-hydrogen) atoms. The molecule has 1 fully saturated rings. The number of esters is 1. The SMILES string of the molecule is CCCCCCCC/C=C/CCCCCCCCCCCCCCCCCCCC(=O)OC1C(OCC(NC(=O)C(O)CCCCCCCCCCCCCCCCCCCCCCCCCCCC)C(O)/C=C/CCCCCCCCCCCCC)OC(CO)C(O)C1O. The molecule has 0 spiro atoms.